The summed E-state index contributed by atoms with van der Waals surface area (Å²) in [5.41, 5.74) is 2.92. The maximum absolute atomic E-state index is 12.9. The predicted octanol–water partition coefficient (Wildman–Crippen LogP) is 3.57. The van der Waals surface area contributed by atoms with E-state index in [1.165, 1.54) is 12.3 Å². The third kappa shape index (κ3) is 3.79. The molecule has 1 aliphatic rings. The number of hydrogen-bond acceptors (Lipinski definition) is 5. The van der Waals surface area contributed by atoms with E-state index in [-0.39, 0.29) is 29.9 Å². The molecule has 166 valence electrons. The number of nitrogens with zero attached hydrogens (tertiary/aromatic N) is 3. The molecule has 0 saturated heterocycles. The Balaban J connectivity index is 1.61. The van der Waals surface area contributed by atoms with Gasteiger partial charge in [0.25, 0.3) is 5.91 Å². The highest BCUT2D eigenvalue weighted by Crippen LogP contribution is 2.31. The molecule has 4 aromatic rings. The van der Waals surface area contributed by atoms with E-state index in [1.54, 1.807) is 18.3 Å². The number of benzene rings is 1. The van der Waals surface area contributed by atoms with Gasteiger partial charge in [0.1, 0.15) is 0 Å². The van der Waals surface area contributed by atoms with Crippen molar-refractivity contribution < 1.29 is 27.6 Å². The van der Waals surface area contributed by atoms with Crippen LogP contribution < -0.4 is 10.2 Å². The molecule has 0 saturated carbocycles. The number of rotatable bonds is 3. The lowest BCUT2D eigenvalue weighted by Crippen LogP contribution is -2.37. The van der Waals surface area contributed by atoms with Crippen LogP contribution in [0.5, 0.6) is 0 Å². The van der Waals surface area contributed by atoms with Crippen LogP contribution in [-0.4, -0.2) is 39.3 Å². The van der Waals surface area contributed by atoms with Crippen LogP contribution in [0.1, 0.15) is 16.1 Å². The lowest BCUT2D eigenvalue weighted by molar-refractivity contribution is -0.199. The summed E-state index contributed by atoms with van der Waals surface area (Å²) < 4.78 is 39.5. The number of hydrogen-bond donors (Lipinski definition) is 1. The molecule has 0 aliphatic carbocycles. The molecule has 0 atom stereocenters. The van der Waals surface area contributed by atoms with Crippen LogP contribution in [0.4, 0.5) is 13.2 Å². The third-order valence-electron chi connectivity index (χ3n) is 5.30. The summed E-state index contributed by atoms with van der Waals surface area (Å²) in [6.45, 7) is 0.212. The van der Waals surface area contributed by atoms with Crippen molar-refractivity contribution in [1.29, 1.82) is 0 Å². The van der Waals surface area contributed by atoms with Crippen molar-refractivity contribution in [2.75, 3.05) is 6.54 Å². The Morgan fingerprint density at radius 2 is 1.88 bits per heavy atom. The van der Waals surface area contributed by atoms with Crippen LogP contribution in [0.2, 0.25) is 0 Å². The first kappa shape index (κ1) is 20.7. The smallest absolute Gasteiger partial charge is 0.352 e. The number of aromatic nitrogens is 3. The number of alkyl halides is 3. The average molecular weight is 452 g/mol. The Morgan fingerprint density at radius 1 is 1.06 bits per heavy atom. The highest BCUT2D eigenvalue weighted by Gasteiger charge is 2.43. The minimum absolute atomic E-state index is 0.132. The van der Waals surface area contributed by atoms with Gasteiger partial charge in [0.05, 0.1) is 28.2 Å². The van der Waals surface area contributed by atoms with Gasteiger partial charge in [0.2, 0.25) is 0 Å². The van der Waals surface area contributed by atoms with E-state index in [4.69, 9.17) is 4.84 Å². The molecule has 1 N–H and O–H groups in total. The zero-order valence-electron chi connectivity index (χ0n) is 16.9. The molecule has 1 aromatic carbocycles. The van der Waals surface area contributed by atoms with E-state index >= 15 is 0 Å². The standard InChI is InChI=1S/C23H15F3N4O3/c24-23(25,26)22(32)33-30-19-6-8-28-21(31)16(19)11-20(30)14-5-7-27-18(10-14)15-9-13-3-1-2-4-17(13)29-12-15/h1-5,7,9-12H,6,8H2,(H,28,31). The first-order valence-corrected chi connectivity index (χ1v) is 9.95. The van der Waals surface area contributed by atoms with Gasteiger partial charge in [-0.15, -0.1) is 0 Å². The summed E-state index contributed by atoms with van der Waals surface area (Å²) in [6, 6.07) is 14.1. The number of pyridine rings is 2. The highest BCUT2D eigenvalue weighted by molar-refractivity contribution is 5.98. The van der Waals surface area contributed by atoms with Gasteiger partial charge >= 0.3 is 12.1 Å². The lowest BCUT2D eigenvalue weighted by Gasteiger charge is -2.17. The third-order valence-corrected chi connectivity index (χ3v) is 5.30. The fraction of sp³-hybridized carbons (Fsp3) is 0.130. The minimum Gasteiger partial charge on any atom is -0.352 e. The molecule has 0 radical (unpaired) electrons. The van der Waals surface area contributed by atoms with Crippen LogP contribution in [0.15, 0.2) is 60.9 Å². The lowest BCUT2D eigenvalue weighted by atomic mass is 10.1. The zero-order chi connectivity index (χ0) is 23.2. The van der Waals surface area contributed by atoms with E-state index in [0.29, 0.717) is 16.8 Å². The number of fused-ring (bicyclic) bond motifs is 2. The van der Waals surface area contributed by atoms with Gasteiger partial charge in [0.15, 0.2) is 0 Å². The van der Waals surface area contributed by atoms with E-state index < -0.39 is 18.1 Å². The molecule has 0 unspecified atom stereocenters. The van der Waals surface area contributed by atoms with Gasteiger partial charge < -0.3 is 10.2 Å². The minimum atomic E-state index is -5.19. The van der Waals surface area contributed by atoms with E-state index in [2.05, 4.69) is 15.3 Å². The van der Waals surface area contributed by atoms with Crippen molar-refractivity contribution >= 4 is 22.8 Å². The molecular formula is C23H15F3N4O3. The Kier molecular flexibility index (Phi) is 4.85. The second-order valence-electron chi connectivity index (χ2n) is 7.41. The summed E-state index contributed by atoms with van der Waals surface area (Å²) in [4.78, 5) is 37.3. The van der Waals surface area contributed by atoms with Crippen molar-refractivity contribution in [3.05, 3.63) is 72.2 Å². The van der Waals surface area contributed by atoms with Crippen molar-refractivity contribution in [3.63, 3.8) is 0 Å². The second-order valence-corrected chi connectivity index (χ2v) is 7.41. The number of carbonyl (C=O) groups is 2. The highest BCUT2D eigenvalue weighted by atomic mass is 19.4. The molecule has 7 nitrogen and oxygen atoms in total. The normalized spacial score (nSPS) is 13.5. The Bertz CT molecular complexity index is 1410. The van der Waals surface area contributed by atoms with Crippen molar-refractivity contribution in [2.24, 2.45) is 0 Å². The SMILES string of the molecule is O=C1NCCc2c1cc(-c1ccnc(-c3cnc4ccccc4c3)c1)n2OC(=O)C(F)(F)F. The molecule has 10 heteroatoms. The van der Waals surface area contributed by atoms with Crippen LogP contribution in [0, 0.1) is 0 Å². The summed E-state index contributed by atoms with van der Waals surface area (Å²) in [5, 5.41) is 3.53. The molecule has 0 fully saturated rings. The molecule has 4 heterocycles. The molecule has 3 aromatic heterocycles. The quantitative estimate of drug-likeness (QED) is 0.514. The zero-order valence-corrected chi connectivity index (χ0v) is 16.9. The van der Waals surface area contributed by atoms with E-state index in [0.717, 1.165) is 15.6 Å². The predicted molar refractivity (Wildman–Crippen MR) is 112 cm³/mol. The number of halogens is 3. The molecule has 1 aliphatic heterocycles. The summed E-state index contributed by atoms with van der Waals surface area (Å²) in [5.74, 6) is -2.83. The Labute approximate surface area is 184 Å². The molecular weight excluding hydrogens is 437 g/mol. The molecule has 33 heavy (non-hydrogen) atoms. The van der Waals surface area contributed by atoms with Crippen molar-refractivity contribution in [3.8, 4) is 22.5 Å². The topological polar surface area (TPSA) is 86.1 Å². The number of amides is 1. The Hall–Kier alpha value is -4.21. The summed E-state index contributed by atoms with van der Waals surface area (Å²) in [6.07, 6.45) is -1.85. The number of carbonyl (C=O) groups excluding carboxylic acids is 2. The average Bonchev–Trinajstić information content (AvgIpc) is 3.18. The van der Waals surface area contributed by atoms with Gasteiger partial charge in [-0.2, -0.15) is 17.9 Å². The van der Waals surface area contributed by atoms with Gasteiger partial charge in [-0.3, -0.25) is 14.8 Å². The van der Waals surface area contributed by atoms with Gasteiger partial charge in [-0.25, -0.2) is 4.79 Å². The molecule has 0 bridgehead atoms. The van der Waals surface area contributed by atoms with Crippen molar-refractivity contribution in [1.82, 2.24) is 20.0 Å². The summed E-state index contributed by atoms with van der Waals surface area (Å²) >= 11 is 0. The molecule has 1 amide bonds. The van der Waals surface area contributed by atoms with Gasteiger partial charge in [0, 0.05) is 41.9 Å². The second kappa shape index (κ2) is 7.73. The first-order chi connectivity index (χ1) is 15.8. The molecule has 5 rings (SSSR count). The number of para-hydroxylation sites is 1. The maximum atomic E-state index is 12.9. The summed E-state index contributed by atoms with van der Waals surface area (Å²) in [7, 11) is 0. The van der Waals surface area contributed by atoms with Crippen LogP contribution in [-0.2, 0) is 11.2 Å². The Morgan fingerprint density at radius 3 is 2.70 bits per heavy atom. The monoisotopic (exact) mass is 452 g/mol. The van der Waals surface area contributed by atoms with Crippen LogP contribution in [0.3, 0.4) is 0 Å². The molecule has 0 spiro atoms. The van der Waals surface area contributed by atoms with Crippen molar-refractivity contribution in [2.45, 2.75) is 12.6 Å². The first-order valence-electron chi connectivity index (χ1n) is 9.95. The fourth-order valence-corrected chi connectivity index (χ4v) is 3.75. The largest absolute Gasteiger partial charge is 0.493 e. The van der Waals surface area contributed by atoms with E-state index in [9.17, 15) is 22.8 Å². The van der Waals surface area contributed by atoms with Crippen LogP contribution >= 0.6 is 0 Å². The fourth-order valence-electron chi connectivity index (χ4n) is 3.75. The van der Waals surface area contributed by atoms with E-state index in [1.807, 2.05) is 30.3 Å². The van der Waals surface area contributed by atoms with Gasteiger partial charge in [-0.05, 0) is 30.3 Å². The van der Waals surface area contributed by atoms with Gasteiger partial charge in [-0.1, -0.05) is 18.2 Å². The number of nitrogens with one attached hydrogen (secondary N) is 1. The maximum Gasteiger partial charge on any atom is 0.493 e. The van der Waals surface area contributed by atoms with Crippen LogP contribution in [0.25, 0.3) is 33.4 Å².